The quantitative estimate of drug-likeness (QED) is 0.758. The van der Waals surface area contributed by atoms with Crippen molar-refractivity contribution in [2.45, 2.75) is 58.0 Å². The fraction of sp³-hybridized carbons (Fsp3) is 0.786. The summed E-state index contributed by atoms with van der Waals surface area (Å²) in [6.07, 6.45) is 4.40. The molecule has 1 aliphatic heterocycles. The first-order valence-electron chi connectivity index (χ1n) is 7.25. The van der Waals surface area contributed by atoms with Gasteiger partial charge in [0.05, 0.1) is 0 Å². The van der Waals surface area contributed by atoms with E-state index in [9.17, 15) is 14.4 Å². The van der Waals surface area contributed by atoms with Crippen molar-refractivity contribution >= 4 is 17.8 Å². The Hall–Kier alpha value is -1.59. The SMILES string of the molecule is CC1CCCCC1NC(=O)CN1C(=O)NC(C)(C)C1=O. The molecule has 6 heteroatoms. The zero-order valence-electron chi connectivity index (χ0n) is 12.4. The van der Waals surface area contributed by atoms with Crippen molar-refractivity contribution in [2.75, 3.05) is 6.54 Å². The summed E-state index contributed by atoms with van der Waals surface area (Å²) >= 11 is 0. The predicted molar refractivity (Wildman–Crippen MR) is 73.9 cm³/mol. The van der Waals surface area contributed by atoms with Gasteiger partial charge in [-0.2, -0.15) is 0 Å². The lowest BCUT2D eigenvalue weighted by Crippen LogP contribution is -2.47. The molecule has 0 radical (unpaired) electrons. The summed E-state index contributed by atoms with van der Waals surface area (Å²) in [4.78, 5) is 36.7. The number of nitrogens with zero attached hydrogens (tertiary/aromatic N) is 1. The lowest BCUT2D eigenvalue weighted by atomic mass is 9.86. The van der Waals surface area contributed by atoms with Crippen molar-refractivity contribution in [1.29, 1.82) is 0 Å². The molecule has 2 fully saturated rings. The van der Waals surface area contributed by atoms with Gasteiger partial charge in [0, 0.05) is 6.04 Å². The summed E-state index contributed by atoms with van der Waals surface area (Å²) < 4.78 is 0. The van der Waals surface area contributed by atoms with Gasteiger partial charge in [0.15, 0.2) is 0 Å². The van der Waals surface area contributed by atoms with E-state index >= 15 is 0 Å². The second-order valence-corrected chi connectivity index (χ2v) is 6.38. The number of amides is 4. The Morgan fingerprint density at radius 1 is 1.35 bits per heavy atom. The van der Waals surface area contributed by atoms with Crippen LogP contribution in [0.3, 0.4) is 0 Å². The summed E-state index contributed by atoms with van der Waals surface area (Å²) in [5, 5.41) is 5.52. The number of carbonyl (C=O) groups is 3. The molecule has 0 bridgehead atoms. The molecular weight excluding hydrogens is 258 g/mol. The minimum absolute atomic E-state index is 0.157. The standard InChI is InChI=1S/C14H23N3O3/c1-9-6-4-5-7-10(9)15-11(18)8-17-12(19)14(2,3)16-13(17)20/h9-10H,4-8H2,1-3H3,(H,15,18)(H,16,20). The molecule has 0 aromatic carbocycles. The van der Waals surface area contributed by atoms with Crippen LogP contribution in [0.1, 0.15) is 46.5 Å². The maximum Gasteiger partial charge on any atom is 0.325 e. The number of imide groups is 1. The molecule has 1 heterocycles. The molecule has 2 aliphatic rings. The Labute approximate surface area is 119 Å². The maximum absolute atomic E-state index is 12.0. The Morgan fingerprint density at radius 3 is 2.55 bits per heavy atom. The van der Waals surface area contributed by atoms with Crippen LogP contribution in [-0.4, -0.2) is 40.9 Å². The fourth-order valence-electron chi connectivity index (χ4n) is 2.89. The molecule has 2 unspecified atom stereocenters. The summed E-state index contributed by atoms with van der Waals surface area (Å²) in [6.45, 7) is 5.20. The molecule has 1 saturated carbocycles. The lowest BCUT2D eigenvalue weighted by Gasteiger charge is -2.30. The third-order valence-electron chi connectivity index (χ3n) is 4.20. The van der Waals surface area contributed by atoms with Crippen LogP contribution in [0, 0.1) is 5.92 Å². The van der Waals surface area contributed by atoms with Crippen molar-refractivity contribution in [3.63, 3.8) is 0 Å². The molecule has 2 atom stereocenters. The van der Waals surface area contributed by atoms with Crippen molar-refractivity contribution in [3.05, 3.63) is 0 Å². The van der Waals surface area contributed by atoms with Crippen LogP contribution in [-0.2, 0) is 9.59 Å². The highest BCUT2D eigenvalue weighted by Gasteiger charge is 2.45. The maximum atomic E-state index is 12.0. The van der Waals surface area contributed by atoms with E-state index < -0.39 is 11.6 Å². The van der Waals surface area contributed by atoms with E-state index in [-0.39, 0.29) is 24.4 Å². The molecule has 0 spiro atoms. The second-order valence-electron chi connectivity index (χ2n) is 6.38. The summed E-state index contributed by atoms with van der Waals surface area (Å²) in [5.41, 5.74) is -0.921. The average molecular weight is 281 g/mol. The lowest BCUT2D eigenvalue weighted by molar-refractivity contribution is -0.134. The highest BCUT2D eigenvalue weighted by molar-refractivity contribution is 6.08. The molecule has 0 aromatic rings. The first kappa shape index (κ1) is 14.8. The molecule has 2 N–H and O–H groups in total. The van der Waals surface area contributed by atoms with E-state index in [2.05, 4.69) is 17.6 Å². The van der Waals surface area contributed by atoms with E-state index in [4.69, 9.17) is 0 Å². The third-order valence-corrected chi connectivity index (χ3v) is 4.20. The number of nitrogens with one attached hydrogen (secondary N) is 2. The number of hydrogen-bond acceptors (Lipinski definition) is 3. The zero-order valence-corrected chi connectivity index (χ0v) is 12.4. The van der Waals surface area contributed by atoms with Gasteiger partial charge in [-0.05, 0) is 32.6 Å². The molecular formula is C14H23N3O3. The van der Waals surface area contributed by atoms with Gasteiger partial charge in [0.2, 0.25) is 5.91 Å². The minimum Gasteiger partial charge on any atom is -0.352 e. The molecule has 1 aliphatic carbocycles. The third kappa shape index (κ3) is 2.94. The van der Waals surface area contributed by atoms with E-state index in [1.165, 1.54) is 6.42 Å². The van der Waals surface area contributed by atoms with E-state index in [0.29, 0.717) is 5.92 Å². The van der Waals surface area contributed by atoms with Gasteiger partial charge in [-0.15, -0.1) is 0 Å². The smallest absolute Gasteiger partial charge is 0.325 e. The van der Waals surface area contributed by atoms with Crippen molar-refractivity contribution < 1.29 is 14.4 Å². The van der Waals surface area contributed by atoms with E-state index in [0.717, 1.165) is 24.2 Å². The van der Waals surface area contributed by atoms with Gasteiger partial charge in [-0.25, -0.2) is 4.79 Å². The van der Waals surface area contributed by atoms with Gasteiger partial charge < -0.3 is 10.6 Å². The van der Waals surface area contributed by atoms with E-state index in [1.54, 1.807) is 13.8 Å². The average Bonchev–Trinajstić information content (AvgIpc) is 2.55. The normalized spacial score (nSPS) is 29.2. The molecule has 20 heavy (non-hydrogen) atoms. The Morgan fingerprint density at radius 2 is 2.00 bits per heavy atom. The second kappa shape index (κ2) is 5.42. The molecule has 112 valence electrons. The number of urea groups is 1. The predicted octanol–water partition coefficient (Wildman–Crippen LogP) is 1.01. The fourth-order valence-corrected chi connectivity index (χ4v) is 2.89. The number of carbonyl (C=O) groups excluding carboxylic acids is 3. The van der Waals surface area contributed by atoms with Gasteiger partial charge in [-0.3, -0.25) is 14.5 Å². The number of hydrogen-bond donors (Lipinski definition) is 2. The molecule has 4 amide bonds. The number of rotatable bonds is 3. The van der Waals surface area contributed by atoms with Crippen LogP contribution in [0.25, 0.3) is 0 Å². The Kier molecular flexibility index (Phi) is 4.01. The monoisotopic (exact) mass is 281 g/mol. The highest BCUT2D eigenvalue weighted by atomic mass is 16.2. The molecule has 1 saturated heterocycles. The summed E-state index contributed by atoms with van der Waals surface area (Å²) in [7, 11) is 0. The zero-order chi connectivity index (χ0) is 14.9. The van der Waals surface area contributed by atoms with Crippen molar-refractivity contribution in [2.24, 2.45) is 5.92 Å². The summed E-state index contributed by atoms with van der Waals surface area (Å²) in [6, 6.07) is -0.336. The summed E-state index contributed by atoms with van der Waals surface area (Å²) in [5.74, 6) is -0.161. The Bertz CT molecular complexity index is 433. The van der Waals surface area contributed by atoms with Crippen LogP contribution >= 0.6 is 0 Å². The van der Waals surface area contributed by atoms with Gasteiger partial charge in [0.25, 0.3) is 5.91 Å². The first-order valence-corrected chi connectivity index (χ1v) is 7.25. The largest absolute Gasteiger partial charge is 0.352 e. The van der Waals surface area contributed by atoms with E-state index in [1.807, 2.05) is 0 Å². The van der Waals surface area contributed by atoms with Gasteiger partial charge in [0.1, 0.15) is 12.1 Å². The molecule has 2 rings (SSSR count). The van der Waals surface area contributed by atoms with Gasteiger partial charge in [-0.1, -0.05) is 19.8 Å². The first-order chi connectivity index (χ1) is 9.31. The Balaban J connectivity index is 1.91. The van der Waals surface area contributed by atoms with Crippen molar-refractivity contribution in [3.8, 4) is 0 Å². The topological polar surface area (TPSA) is 78.5 Å². The molecule has 0 aromatic heterocycles. The molecule has 6 nitrogen and oxygen atoms in total. The minimum atomic E-state index is -0.921. The van der Waals surface area contributed by atoms with Crippen LogP contribution in [0.5, 0.6) is 0 Å². The van der Waals surface area contributed by atoms with Crippen LogP contribution in [0.15, 0.2) is 0 Å². The van der Waals surface area contributed by atoms with Crippen LogP contribution < -0.4 is 10.6 Å². The van der Waals surface area contributed by atoms with Crippen LogP contribution in [0.4, 0.5) is 4.79 Å². The van der Waals surface area contributed by atoms with Crippen LogP contribution in [0.2, 0.25) is 0 Å². The van der Waals surface area contributed by atoms with Crippen molar-refractivity contribution in [1.82, 2.24) is 15.5 Å². The van der Waals surface area contributed by atoms with Gasteiger partial charge >= 0.3 is 6.03 Å². The highest BCUT2D eigenvalue weighted by Crippen LogP contribution is 2.23.